The molecule has 16 heavy (non-hydrogen) atoms. The zero-order chi connectivity index (χ0) is 11.4. The second-order valence-corrected chi connectivity index (χ2v) is 3.99. The van der Waals surface area contributed by atoms with Gasteiger partial charge in [-0.25, -0.2) is 4.79 Å². The number of aromatic nitrogens is 2. The molecule has 1 aromatic heterocycles. The van der Waals surface area contributed by atoms with Gasteiger partial charge in [0, 0.05) is 18.8 Å². The van der Waals surface area contributed by atoms with E-state index in [0.717, 1.165) is 13.0 Å². The van der Waals surface area contributed by atoms with E-state index in [9.17, 15) is 9.59 Å². The molecule has 1 amide bonds. The van der Waals surface area contributed by atoms with Crippen LogP contribution in [0.15, 0.2) is 11.0 Å². The molecule has 0 aromatic carbocycles. The monoisotopic (exact) mass is 224 g/mol. The average Bonchev–Trinajstić information content (AvgIpc) is 2.89. The molecule has 0 aliphatic carbocycles. The highest BCUT2D eigenvalue weighted by Crippen LogP contribution is 2.07. The van der Waals surface area contributed by atoms with Crippen LogP contribution in [-0.2, 0) is 0 Å². The van der Waals surface area contributed by atoms with Crippen LogP contribution in [0.3, 0.4) is 0 Å². The molecule has 1 aliphatic rings. The normalized spacial score (nSPS) is 19.9. The predicted octanol–water partition coefficient (Wildman–Crippen LogP) is -0.425. The van der Waals surface area contributed by atoms with E-state index in [2.05, 4.69) is 20.6 Å². The van der Waals surface area contributed by atoms with E-state index >= 15 is 0 Å². The Morgan fingerprint density at radius 2 is 2.44 bits per heavy atom. The van der Waals surface area contributed by atoms with Gasteiger partial charge in [0.25, 0.3) is 5.91 Å². The molecule has 1 atom stereocenters. The van der Waals surface area contributed by atoms with E-state index in [0.29, 0.717) is 12.6 Å². The second kappa shape index (κ2) is 4.98. The van der Waals surface area contributed by atoms with Gasteiger partial charge in [-0.3, -0.25) is 4.79 Å². The number of nitrogens with one attached hydrogen (secondary N) is 4. The number of H-pyrrole nitrogens is 2. The van der Waals surface area contributed by atoms with Crippen LogP contribution < -0.4 is 16.3 Å². The van der Waals surface area contributed by atoms with Gasteiger partial charge >= 0.3 is 5.69 Å². The molecule has 4 N–H and O–H groups in total. The Bertz CT molecular complexity index is 403. The van der Waals surface area contributed by atoms with Crippen LogP contribution in [0, 0.1) is 0 Å². The number of carbonyl (C=O) groups is 1. The zero-order valence-corrected chi connectivity index (χ0v) is 9.01. The molecule has 6 heteroatoms. The number of imidazole rings is 1. The van der Waals surface area contributed by atoms with Gasteiger partial charge in [0.15, 0.2) is 0 Å². The van der Waals surface area contributed by atoms with Crippen molar-refractivity contribution in [3.05, 3.63) is 22.4 Å². The lowest BCUT2D eigenvalue weighted by atomic mass is 10.1. The number of amides is 1. The molecule has 6 nitrogen and oxygen atoms in total. The molecule has 1 fully saturated rings. The third-order valence-corrected chi connectivity index (χ3v) is 2.78. The number of hydrogen-bond donors (Lipinski definition) is 4. The van der Waals surface area contributed by atoms with E-state index in [4.69, 9.17) is 0 Å². The first-order chi connectivity index (χ1) is 7.75. The van der Waals surface area contributed by atoms with Gasteiger partial charge in [0.05, 0.1) is 0 Å². The number of rotatable bonds is 4. The van der Waals surface area contributed by atoms with Crippen molar-refractivity contribution < 1.29 is 4.79 Å². The second-order valence-electron chi connectivity index (χ2n) is 3.99. The van der Waals surface area contributed by atoms with Crippen LogP contribution >= 0.6 is 0 Å². The highest BCUT2D eigenvalue weighted by molar-refractivity contribution is 5.91. The third kappa shape index (κ3) is 2.73. The minimum atomic E-state index is -0.359. The molecular weight excluding hydrogens is 208 g/mol. The molecule has 1 saturated heterocycles. The molecule has 0 unspecified atom stereocenters. The summed E-state index contributed by atoms with van der Waals surface area (Å²) in [5, 5.41) is 6.13. The van der Waals surface area contributed by atoms with Gasteiger partial charge in [-0.1, -0.05) is 0 Å². The molecule has 1 aromatic rings. The Kier molecular flexibility index (Phi) is 3.40. The van der Waals surface area contributed by atoms with Crippen molar-refractivity contribution in [3.8, 4) is 0 Å². The third-order valence-electron chi connectivity index (χ3n) is 2.78. The summed E-state index contributed by atoms with van der Waals surface area (Å²) in [6.07, 6.45) is 4.70. The van der Waals surface area contributed by atoms with Crippen molar-refractivity contribution in [2.75, 3.05) is 13.1 Å². The summed E-state index contributed by atoms with van der Waals surface area (Å²) in [6, 6.07) is 0.519. The average molecular weight is 224 g/mol. The smallest absolute Gasteiger partial charge is 0.323 e. The van der Waals surface area contributed by atoms with E-state index in [1.807, 2.05) is 0 Å². The molecule has 0 spiro atoms. The predicted molar refractivity (Wildman–Crippen MR) is 59.4 cm³/mol. The summed E-state index contributed by atoms with van der Waals surface area (Å²) < 4.78 is 0. The number of aromatic amines is 2. The van der Waals surface area contributed by atoms with Crippen molar-refractivity contribution in [2.45, 2.75) is 25.3 Å². The first-order valence-corrected chi connectivity index (χ1v) is 5.55. The Morgan fingerprint density at radius 3 is 3.06 bits per heavy atom. The largest absolute Gasteiger partial charge is 0.351 e. The molecule has 0 radical (unpaired) electrons. The van der Waals surface area contributed by atoms with Crippen molar-refractivity contribution in [3.63, 3.8) is 0 Å². The maximum Gasteiger partial charge on any atom is 0.323 e. The van der Waals surface area contributed by atoms with Crippen molar-refractivity contribution >= 4 is 5.91 Å². The summed E-state index contributed by atoms with van der Waals surface area (Å²) in [4.78, 5) is 27.1. The molecule has 2 heterocycles. The molecular formula is C10H16N4O2. The van der Waals surface area contributed by atoms with E-state index in [1.54, 1.807) is 0 Å². The molecule has 2 rings (SSSR count). The fraction of sp³-hybridized carbons (Fsp3) is 0.600. The molecule has 0 saturated carbocycles. The van der Waals surface area contributed by atoms with Crippen LogP contribution in [0.5, 0.6) is 0 Å². The number of carbonyl (C=O) groups excluding carboxylic acids is 1. The summed E-state index contributed by atoms with van der Waals surface area (Å²) >= 11 is 0. The SMILES string of the molecule is O=C(NCC[C@@H]1CCCN1)c1c[nH]c(=O)[nH]1. The standard InChI is InChI=1S/C10H16N4O2/c15-9(8-6-13-10(16)14-8)12-5-3-7-2-1-4-11-7/h6-7,11H,1-5H2,(H,12,15)(H2,13,14,16)/t7-/m0/s1. The van der Waals surface area contributed by atoms with Crippen LogP contribution in [0.2, 0.25) is 0 Å². The van der Waals surface area contributed by atoms with Crippen LogP contribution in [0.1, 0.15) is 29.8 Å². The van der Waals surface area contributed by atoms with Crippen LogP contribution in [0.4, 0.5) is 0 Å². The van der Waals surface area contributed by atoms with Gasteiger partial charge in [-0.15, -0.1) is 0 Å². The minimum Gasteiger partial charge on any atom is -0.351 e. The Balaban J connectivity index is 1.73. The maximum absolute atomic E-state index is 11.5. The summed E-state index contributed by atoms with van der Waals surface area (Å²) in [5.74, 6) is -0.239. The Morgan fingerprint density at radius 1 is 1.56 bits per heavy atom. The first kappa shape index (κ1) is 10.9. The molecule has 1 aliphatic heterocycles. The Hall–Kier alpha value is -1.56. The highest BCUT2D eigenvalue weighted by atomic mass is 16.2. The fourth-order valence-corrected chi connectivity index (χ4v) is 1.91. The molecule has 0 bridgehead atoms. The van der Waals surface area contributed by atoms with Gasteiger partial charge in [0.2, 0.25) is 0 Å². The van der Waals surface area contributed by atoms with Gasteiger partial charge < -0.3 is 20.6 Å². The van der Waals surface area contributed by atoms with Crippen molar-refractivity contribution in [2.24, 2.45) is 0 Å². The first-order valence-electron chi connectivity index (χ1n) is 5.55. The lowest BCUT2D eigenvalue weighted by Gasteiger charge is -2.09. The van der Waals surface area contributed by atoms with Gasteiger partial charge in [0.1, 0.15) is 5.69 Å². The van der Waals surface area contributed by atoms with Gasteiger partial charge in [-0.05, 0) is 25.8 Å². The van der Waals surface area contributed by atoms with E-state index in [-0.39, 0.29) is 17.3 Å². The quantitative estimate of drug-likeness (QED) is 0.559. The topological polar surface area (TPSA) is 89.8 Å². The van der Waals surface area contributed by atoms with Crippen molar-refractivity contribution in [1.29, 1.82) is 0 Å². The molecule has 88 valence electrons. The van der Waals surface area contributed by atoms with E-state index < -0.39 is 0 Å². The lowest BCUT2D eigenvalue weighted by molar-refractivity contribution is 0.0947. The lowest BCUT2D eigenvalue weighted by Crippen LogP contribution is -2.30. The summed E-state index contributed by atoms with van der Waals surface area (Å²) in [5.41, 5.74) is -0.0769. The number of hydrogen-bond acceptors (Lipinski definition) is 3. The fourth-order valence-electron chi connectivity index (χ4n) is 1.91. The minimum absolute atomic E-state index is 0.239. The summed E-state index contributed by atoms with van der Waals surface area (Å²) in [7, 11) is 0. The van der Waals surface area contributed by atoms with Crippen LogP contribution in [-0.4, -0.2) is 35.0 Å². The van der Waals surface area contributed by atoms with Crippen LogP contribution in [0.25, 0.3) is 0 Å². The Labute approximate surface area is 92.8 Å². The zero-order valence-electron chi connectivity index (χ0n) is 9.01. The van der Waals surface area contributed by atoms with Crippen molar-refractivity contribution in [1.82, 2.24) is 20.6 Å². The summed E-state index contributed by atoms with van der Waals surface area (Å²) in [6.45, 7) is 1.70. The highest BCUT2D eigenvalue weighted by Gasteiger charge is 2.14. The van der Waals surface area contributed by atoms with Gasteiger partial charge in [-0.2, -0.15) is 0 Å². The maximum atomic E-state index is 11.5. The van der Waals surface area contributed by atoms with E-state index in [1.165, 1.54) is 19.0 Å².